The highest BCUT2D eigenvalue weighted by Gasteiger charge is 2.06. The van der Waals surface area contributed by atoms with Crippen LogP contribution in [0.2, 0.25) is 5.02 Å². The van der Waals surface area contributed by atoms with E-state index in [1.165, 1.54) is 0 Å². The molecule has 1 amide bonds. The molecular weight excluding hydrogens is 344 g/mol. The Morgan fingerprint density at radius 1 is 1.50 bits per heavy atom. The third kappa shape index (κ3) is 6.59. The summed E-state index contributed by atoms with van der Waals surface area (Å²) >= 11 is 9.21. The van der Waals surface area contributed by atoms with E-state index in [0.29, 0.717) is 30.3 Å². The largest absolute Gasteiger partial charge is 0.492 e. The van der Waals surface area contributed by atoms with Crippen molar-refractivity contribution in [1.82, 2.24) is 10.6 Å². The topological polar surface area (TPSA) is 50.4 Å². The van der Waals surface area contributed by atoms with Crippen LogP contribution in [0.3, 0.4) is 0 Å². The van der Waals surface area contributed by atoms with Crippen molar-refractivity contribution < 1.29 is 9.53 Å². The third-order valence-electron chi connectivity index (χ3n) is 2.64. The Bertz CT molecular complexity index is 443. The predicted octanol–water partition coefficient (Wildman–Crippen LogP) is 2.99. The molecule has 0 aromatic heterocycles. The minimum absolute atomic E-state index is 0.0140. The number of hydrogen-bond donors (Lipinski definition) is 2. The first kappa shape index (κ1) is 17.3. The molecule has 4 nitrogen and oxygen atoms in total. The average molecular weight is 364 g/mol. The van der Waals surface area contributed by atoms with Gasteiger partial charge in [0.1, 0.15) is 5.75 Å². The fraction of sp³-hybridized carbons (Fsp3) is 0.500. The van der Waals surface area contributed by atoms with Crippen molar-refractivity contribution in [2.45, 2.75) is 26.3 Å². The molecular formula is C14H20BrClN2O2. The van der Waals surface area contributed by atoms with Crippen LogP contribution in [0.1, 0.15) is 20.3 Å². The van der Waals surface area contributed by atoms with Crippen LogP contribution in [0, 0.1) is 0 Å². The van der Waals surface area contributed by atoms with E-state index < -0.39 is 0 Å². The predicted molar refractivity (Wildman–Crippen MR) is 85.4 cm³/mol. The second-order valence-electron chi connectivity index (χ2n) is 4.44. The molecule has 0 heterocycles. The van der Waals surface area contributed by atoms with Crippen molar-refractivity contribution in [2.24, 2.45) is 0 Å². The molecule has 0 aliphatic carbocycles. The standard InChI is InChI=1S/C14H20BrClN2O2/c1-3-17-10(2)9-18-14(19)6-7-20-13-5-4-11(16)8-12(13)15/h4-5,8,10,17H,3,6-7,9H2,1-2H3,(H,18,19)/t10-/m1/s1. The Hall–Kier alpha value is -0.780. The second kappa shape index (κ2) is 9.21. The lowest BCUT2D eigenvalue weighted by atomic mass is 10.3. The van der Waals surface area contributed by atoms with Gasteiger partial charge in [-0.2, -0.15) is 0 Å². The zero-order valence-electron chi connectivity index (χ0n) is 11.7. The van der Waals surface area contributed by atoms with E-state index in [1.807, 2.05) is 13.8 Å². The number of halogens is 2. The highest BCUT2D eigenvalue weighted by molar-refractivity contribution is 9.10. The van der Waals surface area contributed by atoms with E-state index in [2.05, 4.69) is 26.6 Å². The van der Waals surface area contributed by atoms with E-state index in [9.17, 15) is 4.79 Å². The smallest absolute Gasteiger partial charge is 0.223 e. The van der Waals surface area contributed by atoms with Gasteiger partial charge in [-0.25, -0.2) is 0 Å². The minimum Gasteiger partial charge on any atom is -0.492 e. The number of benzene rings is 1. The molecule has 0 aliphatic heterocycles. The highest BCUT2D eigenvalue weighted by Crippen LogP contribution is 2.27. The molecule has 0 unspecified atom stereocenters. The van der Waals surface area contributed by atoms with Gasteiger partial charge in [0.15, 0.2) is 0 Å². The van der Waals surface area contributed by atoms with Crippen LogP contribution >= 0.6 is 27.5 Å². The molecule has 0 saturated heterocycles. The van der Waals surface area contributed by atoms with Crippen molar-refractivity contribution in [3.63, 3.8) is 0 Å². The minimum atomic E-state index is -0.0140. The Kier molecular flexibility index (Phi) is 7.95. The lowest BCUT2D eigenvalue weighted by Gasteiger charge is -2.13. The number of ether oxygens (including phenoxy) is 1. The SMILES string of the molecule is CCN[C@H](C)CNC(=O)CCOc1ccc(Cl)cc1Br. The first-order valence-corrected chi connectivity index (χ1v) is 7.78. The van der Waals surface area contributed by atoms with Crippen molar-refractivity contribution in [2.75, 3.05) is 19.7 Å². The summed E-state index contributed by atoms with van der Waals surface area (Å²) in [5, 5.41) is 6.73. The number of carbonyl (C=O) groups excluding carboxylic acids is 1. The number of likely N-dealkylation sites (N-methyl/N-ethyl adjacent to an activating group) is 1. The fourth-order valence-electron chi connectivity index (χ4n) is 1.62. The first-order chi connectivity index (χ1) is 9.52. The summed E-state index contributed by atoms with van der Waals surface area (Å²) in [6, 6.07) is 5.56. The molecule has 20 heavy (non-hydrogen) atoms. The molecule has 0 fully saturated rings. The number of nitrogens with one attached hydrogen (secondary N) is 2. The van der Waals surface area contributed by atoms with Gasteiger partial charge in [0.25, 0.3) is 0 Å². The molecule has 6 heteroatoms. The molecule has 1 atom stereocenters. The van der Waals surface area contributed by atoms with Gasteiger partial charge in [0.05, 0.1) is 17.5 Å². The van der Waals surface area contributed by atoms with Crippen LogP contribution in [0.25, 0.3) is 0 Å². The molecule has 1 aromatic rings. The molecule has 0 saturated carbocycles. The first-order valence-electron chi connectivity index (χ1n) is 6.60. The Labute approximate surface area is 133 Å². The Balaban J connectivity index is 2.24. The van der Waals surface area contributed by atoms with Gasteiger partial charge in [0, 0.05) is 17.6 Å². The van der Waals surface area contributed by atoms with Crippen LogP contribution in [-0.4, -0.2) is 31.6 Å². The summed E-state index contributed by atoms with van der Waals surface area (Å²) in [6.07, 6.45) is 0.327. The summed E-state index contributed by atoms with van der Waals surface area (Å²) < 4.78 is 6.32. The summed E-state index contributed by atoms with van der Waals surface area (Å²) in [4.78, 5) is 11.6. The Morgan fingerprint density at radius 3 is 2.90 bits per heavy atom. The van der Waals surface area contributed by atoms with Crippen molar-refractivity contribution in [1.29, 1.82) is 0 Å². The summed E-state index contributed by atoms with van der Waals surface area (Å²) in [7, 11) is 0. The van der Waals surface area contributed by atoms with Crippen LogP contribution in [0.4, 0.5) is 0 Å². The van der Waals surface area contributed by atoms with Gasteiger partial charge in [-0.15, -0.1) is 0 Å². The maximum absolute atomic E-state index is 11.6. The van der Waals surface area contributed by atoms with Crippen molar-refractivity contribution in [3.8, 4) is 5.75 Å². The normalized spacial score (nSPS) is 12.0. The number of amides is 1. The van der Waals surface area contributed by atoms with Gasteiger partial charge >= 0.3 is 0 Å². The lowest BCUT2D eigenvalue weighted by molar-refractivity contribution is -0.121. The zero-order chi connectivity index (χ0) is 15.0. The molecule has 0 bridgehead atoms. The maximum Gasteiger partial charge on any atom is 0.223 e. The summed E-state index contributed by atoms with van der Waals surface area (Å²) in [6.45, 7) is 5.92. The number of rotatable bonds is 8. The van der Waals surface area contributed by atoms with Gasteiger partial charge in [-0.1, -0.05) is 18.5 Å². The lowest BCUT2D eigenvalue weighted by Crippen LogP contribution is -2.39. The monoisotopic (exact) mass is 362 g/mol. The Morgan fingerprint density at radius 2 is 2.25 bits per heavy atom. The van der Waals surface area contributed by atoms with Gasteiger partial charge < -0.3 is 15.4 Å². The molecule has 1 aromatic carbocycles. The molecule has 1 rings (SSSR count). The average Bonchev–Trinajstić information content (AvgIpc) is 2.39. The maximum atomic E-state index is 11.6. The van der Waals surface area contributed by atoms with E-state index >= 15 is 0 Å². The van der Waals surface area contributed by atoms with Gasteiger partial charge in [-0.05, 0) is 47.6 Å². The highest BCUT2D eigenvalue weighted by atomic mass is 79.9. The van der Waals surface area contributed by atoms with E-state index in [-0.39, 0.29) is 11.9 Å². The van der Waals surface area contributed by atoms with Crippen LogP contribution < -0.4 is 15.4 Å². The molecule has 0 aliphatic rings. The van der Waals surface area contributed by atoms with Crippen molar-refractivity contribution in [3.05, 3.63) is 27.7 Å². The van der Waals surface area contributed by atoms with Gasteiger partial charge in [-0.3, -0.25) is 4.79 Å². The van der Waals surface area contributed by atoms with Crippen LogP contribution in [-0.2, 0) is 4.79 Å². The van der Waals surface area contributed by atoms with Gasteiger partial charge in [0.2, 0.25) is 5.91 Å². The zero-order valence-corrected chi connectivity index (χ0v) is 14.1. The molecule has 2 N–H and O–H groups in total. The van der Waals surface area contributed by atoms with Crippen LogP contribution in [0.15, 0.2) is 22.7 Å². The molecule has 0 radical (unpaired) electrons. The quantitative estimate of drug-likeness (QED) is 0.746. The molecule has 0 spiro atoms. The second-order valence-corrected chi connectivity index (χ2v) is 5.73. The number of hydrogen-bond acceptors (Lipinski definition) is 3. The summed E-state index contributed by atoms with van der Waals surface area (Å²) in [5.41, 5.74) is 0. The fourth-order valence-corrected chi connectivity index (χ4v) is 2.42. The van der Waals surface area contributed by atoms with Crippen molar-refractivity contribution >= 4 is 33.4 Å². The molecule has 112 valence electrons. The third-order valence-corrected chi connectivity index (χ3v) is 3.49. The van der Waals surface area contributed by atoms with E-state index in [4.69, 9.17) is 16.3 Å². The summed E-state index contributed by atoms with van der Waals surface area (Å²) in [5.74, 6) is 0.669. The van der Waals surface area contributed by atoms with E-state index in [1.54, 1.807) is 18.2 Å². The number of carbonyl (C=O) groups is 1. The van der Waals surface area contributed by atoms with E-state index in [0.717, 1.165) is 11.0 Å². The van der Waals surface area contributed by atoms with Crippen LogP contribution in [0.5, 0.6) is 5.75 Å².